The van der Waals surface area contributed by atoms with Crippen LogP contribution in [-0.2, 0) is 23.2 Å². The Balaban J connectivity index is 2.05. The molecule has 0 unspecified atom stereocenters. The summed E-state index contributed by atoms with van der Waals surface area (Å²) < 4.78 is 68.8. The summed E-state index contributed by atoms with van der Waals surface area (Å²) in [7, 11) is -2.51. The Morgan fingerprint density at radius 3 is 2.13 bits per heavy atom. The minimum absolute atomic E-state index is 0.199. The van der Waals surface area contributed by atoms with Crippen molar-refractivity contribution in [2.75, 3.05) is 4.72 Å². The summed E-state index contributed by atoms with van der Waals surface area (Å²) in [6.45, 7) is 3.34. The molecule has 5 nitrogen and oxygen atoms in total. The maximum absolute atomic E-state index is 13.0. The molecule has 160 valence electrons. The average molecular weight is 478 g/mol. The minimum Gasteiger partial charge on any atom is -0.276 e. The van der Waals surface area contributed by atoms with Crippen LogP contribution < -0.4 is 4.72 Å². The zero-order valence-electron chi connectivity index (χ0n) is 16.0. The van der Waals surface area contributed by atoms with Crippen molar-refractivity contribution in [2.45, 2.75) is 24.9 Å². The third kappa shape index (κ3) is 4.28. The highest BCUT2D eigenvalue weighted by Crippen LogP contribution is 2.38. The molecule has 1 heterocycles. The molecule has 3 aromatic rings. The zero-order chi connectivity index (χ0) is 22.4. The van der Waals surface area contributed by atoms with Gasteiger partial charge in [-0.3, -0.25) is 9.40 Å². The highest BCUT2D eigenvalue weighted by atomic mass is 35.5. The molecule has 0 saturated heterocycles. The molecule has 0 radical (unpaired) electrons. The van der Waals surface area contributed by atoms with Crippen molar-refractivity contribution in [3.05, 3.63) is 63.4 Å². The summed E-state index contributed by atoms with van der Waals surface area (Å²) in [5.41, 5.74) is 0.961. The van der Waals surface area contributed by atoms with Crippen molar-refractivity contribution in [1.82, 2.24) is 9.78 Å². The average Bonchev–Trinajstić information content (AvgIpc) is 2.86. The summed E-state index contributed by atoms with van der Waals surface area (Å²) in [5.74, 6) is 0. The number of nitrogens with one attached hydrogen (secondary N) is 1. The number of rotatable bonds is 4. The molecular formula is C19H16Cl2F3N3O2S. The van der Waals surface area contributed by atoms with E-state index in [1.807, 2.05) is 0 Å². The first-order valence-electron chi connectivity index (χ1n) is 8.51. The fourth-order valence-electron chi connectivity index (χ4n) is 2.97. The predicted molar refractivity (Wildman–Crippen MR) is 110 cm³/mol. The number of anilines is 1. The van der Waals surface area contributed by atoms with Crippen LogP contribution in [-0.4, -0.2) is 18.2 Å². The largest absolute Gasteiger partial charge is 0.416 e. The maximum Gasteiger partial charge on any atom is 0.416 e. The lowest BCUT2D eigenvalue weighted by Gasteiger charge is -2.14. The fourth-order valence-corrected chi connectivity index (χ4v) is 5.36. The van der Waals surface area contributed by atoms with Gasteiger partial charge in [-0.1, -0.05) is 35.3 Å². The van der Waals surface area contributed by atoms with Crippen molar-refractivity contribution < 1.29 is 21.6 Å². The van der Waals surface area contributed by atoms with Gasteiger partial charge in [-0.05, 0) is 49.2 Å². The molecule has 0 saturated carbocycles. The van der Waals surface area contributed by atoms with Crippen molar-refractivity contribution in [3.8, 4) is 11.1 Å². The second-order valence-electron chi connectivity index (χ2n) is 6.62. The quantitative estimate of drug-likeness (QED) is 0.513. The van der Waals surface area contributed by atoms with Gasteiger partial charge in [-0.15, -0.1) is 0 Å². The molecule has 2 aromatic carbocycles. The molecular weight excluding hydrogens is 462 g/mol. The van der Waals surface area contributed by atoms with Gasteiger partial charge in [0.2, 0.25) is 0 Å². The summed E-state index contributed by atoms with van der Waals surface area (Å²) >= 11 is 12.4. The Morgan fingerprint density at radius 1 is 1.03 bits per heavy atom. The molecule has 0 fully saturated rings. The Hall–Kier alpha value is -2.23. The molecule has 0 bridgehead atoms. The monoisotopic (exact) mass is 477 g/mol. The highest BCUT2D eigenvalue weighted by molar-refractivity contribution is 7.93. The third-order valence-corrected chi connectivity index (χ3v) is 6.81. The lowest BCUT2D eigenvalue weighted by atomic mass is 10.0. The number of sulfonamides is 1. The van der Waals surface area contributed by atoms with E-state index >= 15 is 0 Å². The van der Waals surface area contributed by atoms with Gasteiger partial charge >= 0.3 is 6.18 Å². The van der Waals surface area contributed by atoms with Gasteiger partial charge in [0.1, 0.15) is 4.90 Å². The Labute approximate surface area is 181 Å². The third-order valence-electron chi connectivity index (χ3n) is 4.54. The van der Waals surface area contributed by atoms with E-state index in [-0.39, 0.29) is 26.1 Å². The van der Waals surface area contributed by atoms with E-state index < -0.39 is 21.8 Å². The first-order chi connectivity index (χ1) is 13.8. The Bertz CT molecular complexity index is 1220. The molecule has 1 N–H and O–H groups in total. The topological polar surface area (TPSA) is 64.0 Å². The van der Waals surface area contributed by atoms with Crippen LogP contribution >= 0.6 is 23.2 Å². The van der Waals surface area contributed by atoms with Crippen LogP contribution in [0.15, 0.2) is 41.3 Å². The second kappa shape index (κ2) is 7.79. The summed E-state index contributed by atoms with van der Waals surface area (Å²) in [6.07, 6.45) is -4.52. The zero-order valence-corrected chi connectivity index (χ0v) is 18.3. The van der Waals surface area contributed by atoms with E-state index in [1.54, 1.807) is 20.9 Å². The van der Waals surface area contributed by atoms with Crippen molar-refractivity contribution >= 4 is 38.9 Å². The van der Waals surface area contributed by atoms with Gasteiger partial charge < -0.3 is 0 Å². The van der Waals surface area contributed by atoms with Crippen molar-refractivity contribution in [3.63, 3.8) is 0 Å². The van der Waals surface area contributed by atoms with Crippen molar-refractivity contribution in [2.24, 2.45) is 7.05 Å². The van der Waals surface area contributed by atoms with Gasteiger partial charge in [-0.25, -0.2) is 8.42 Å². The van der Waals surface area contributed by atoms with Gasteiger partial charge in [0.25, 0.3) is 10.0 Å². The van der Waals surface area contributed by atoms with E-state index in [0.717, 1.165) is 12.1 Å². The van der Waals surface area contributed by atoms with Crippen LogP contribution in [0.1, 0.15) is 17.0 Å². The number of aryl methyl sites for hydroxylation is 2. The summed E-state index contributed by atoms with van der Waals surface area (Å²) in [5, 5.41) is 3.71. The van der Waals surface area contributed by atoms with Crippen LogP contribution in [0.3, 0.4) is 0 Å². The van der Waals surface area contributed by atoms with Crippen LogP contribution in [0.25, 0.3) is 11.1 Å². The first kappa shape index (κ1) is 22.5. The molecule has 1 aromatic heterocycles. The van der Waals surface area contributed by atoms with E-state index in [4.69, 9.17) is 23.2 Å². The lowest BCUT2D eigenvalue weighted by Crippen LogP contribution is -2.15. The molecule has 0 aliphatic heterocycles. The van der Waals surface area contributed by atoms with Gasteiger partial charge in [0.15, 0.2) is 0 Å². The van der Waals surface area contributed by atoms with E-state index in [9.17, 15) is 21.6 Å². The van der Waals surface area contributed by atoms with Crippen molar-refractivity contribution in [1.29, 1.82) is 0 Å². The van der Waals surface area contributed by atoms with E-state index in [0.29, 0.717) is 17.1 Å². The number of nitrogens with zero attached hydrogens (tertiary/aromatic N) is 2. The molecule has 30 heavy (non-hydrogen) atoms. The summed E-state index contributed by atoms with van der Waals surface area (Å²) in [4.78, 5) is -0.371. The number of aromatic nitrogens is 2. The van der Waals surface area contributed by atoms with Gasteiger partial charge in [0.05, 0.1) is 32.7 Å². The molecule has 3 rings (SSSR count). The van der Waals surface area contributed by atoms with Crippen LogP contribution in [0, 0.1) is 13.8 Å². The predicted octanol–water partition coefficient (Wildman–Crippen LogP) is 5.83. The standard InChI is InChI=1S/C19H16Cl2F3N3O2S/c1-10-17(11(2)27(3)25-10)26-30(28,29)18-15(20)8-13(9-16(18)21)12-5-4-6-14(7-12)19(22,23)24/h4-9,26H,1-3H3. The molecule has 0 spiro atoms. The van der Waals surface area contributed by atoms with Gasteiger partial charge in [-0.2, -0.15) is 18.3 Å². The highest BCUT2D eigenvalue weighted by Gasteiger charge is 2.31. The number of benzene rings is 2. The molecule has 0 aliphatic rings. The van der Waals surface area contributed by atoms with Crippen LogP contribution in [0.5, 0.6) is 0 Å². The number of hydrogen-bond acceptors (Lipinski definition) is 3. The minimum atomic E-state index is -4.52. The van der Waals surface area contributed by atoms with Crippen LogP contribution in [0.4, 0.5) is 18.9 Å². The lowest BCUT2D eigenvalue weighted by molar-refractivity contribution is -0.137. The fraction of sp³-hybridized carbons (Fsp3) is 0.211. The molecule has 11 heteroatoms. The SMILES string of the molecule is Cc1nn(C)c(C)c1NS(=O)(=O)c1c(Cl)cc(-c2cccc(C(F)(F)F)c2)cc1Cl. The number of hydrogen-bond donors (Lipinski definition) is 1. The first-order valence-corrected chi connectivity index (χ1v) is 10.7. The van der Waals surface area contributed by atoms with E-state index in [2.05, 4.69) is 9.82 Å². The molecule has 0 atom stereocenters. The second-order valence-corrected chi connectivity index (χ2v) is 9.06. The normalized spacial score (nSPS) is 12.3. The number of alkyl halides is 3. The maximum atomic E-state index is 13.0. The molecule has 0 amide bonds. The summed E-state index contributed by atoms with van der Waals surface area (Å²) in [6, 6.07) is 7.11. The van der Waals surface area contributed by atoms with Gasteiger partial charge in [0, 0.05) is 7.05 Å². The Morgan fingerprint density at radius 2 is 1.63 bits per heavy atom. The molecule has 0 aliphatic carbocycles. The van der Waals surface area contributed by atoms with Crippen LogP contribution in [0.2, 0.25) is 10.0 Å². The number of halogens is 5. The Kier molecular flexibility index (Phi) is 5.83. The van der Waals surface area contributed by atoms with E-state index in [1.165, 1.54) is 28.9 Å². The smallest absolute Gasteiger partial charge is 0.276 e.